The monoisotopic (exact) mass is 363 g/mol. The third kappa shape index (κ3) is 3.31. The molecular formula is C18H25N3O3S. The highest BCUT2D eigenvalue weighted by Gasteiger charge is 2.29. The molecule has 136 valence electrons. The van der Waals surface area contributed by atoms with E-state index in [1.807, 2.05) is 44.3 Å². The van der Waals surface area contributed by atoms with Crippen LogP contribution >= 0.6 is 0 Å². The first-order chi connectivity index (χ1) is 12.0. The molecule has 2 aromatic rings. The molecule has 7 heteroatoms. The molecule has 0 unspecified atom stereocenters. The zero-order valence-corrected chi connectivity index (χ0v) is 15.8. The Hall–Kier alpha value is -1.83. The summed E-state index contributed by atoms with van der Waals surface area (Å²) in [5.41, 5.74) is 3.34. The molecule has 0 bridgehead atoms. The Bertz CT molecular complexity index is 882. The average molecular weight is 363 g/mol. The van der Waals surface area contributed by atoms with Crippen LogP contribution in [0.2, 0.25) is 0 Å². The van der Waals surface area contributed by atoms with E-state index in [9.17, 15) is 8.42 Å². The first-order valence-electron chi connectivity index (χ1n) is 8.61. The first kappa shape index (κ1) is 18.0. The summed E-state index contributed by atoms with van der Waals surface area (Å²) in [6.45, 7) is 5.63. The summed E-state index contributed by atoms with van der Waals surface area (Å²) < 4.78 is 33.7. The molecule has 0 aliphatic carbocycles. The third-order valence-corrected chi connectivity index (χ3v) is 6.92. The zero-order valence-electron chi connectivity index (χ0n) is 14.9. The van der Waals surface area contributed by atoms with Gasteiger partial charge >= 0.3 is 0 Å². The molecule has 1 aliphatic rings. The molecule has 1 aliphatic heterocycles. The summed E-state index contributed by atoms with van der Waals surface area (Å²) in [5, 5.41) is 1.10. The number of benzene rings is 1. The summed E-state index contributed by atoms with van der Waals surface area (Å²) in [5.74, 6) is 0.815. The third-order valence-electron chi connectivity index (χ3n) is 4.76. The molecular weight excluding hydrogens is 338 g/mol. The second-order valence-corrected chi connectivity index (χ2v) is 7.97. The summed E-state index contributed by atoms with van der Waals surface area (Å²) in [4.78, 5) is 3.28. The van der Waals surface area contributed by atoms with Gasteiger partial charge in [0.2, 0.25) is 0 Å². The van der Waals surface area contributed by atoms with Crippen LogP contribution in [0.4, 0.5) is 0 Å². The van der Waals surface area contributed by atoms with Crippen LogP contribution < -0.4 is 4.74 Å². The number of nitrogens with one attached hydrogen (secondary N) is 1. The van der Waals surface area contributed by atoms with E-state index in [2.05, 4.69) is 4.98 Å². The molecule has 0 fully saturated rings. The summed E-state index contributed by atoms with van der Waals surface area (Å²) in [6.07, 6.45) is 4.71. The second-order valence-electron chi connectivity index (χ2n) is 6.04. The average Bonchev–Trinajstić information content (AvgIpc) is 3.05. The van der Waals surface area contributed by atoms with E-state index in [1.165, 1.54) is 9.88 Å². The Labute approximate surface area is 149 Å². The van der Waals surface area contributed by atoms with Gasteiger partial charge in [-0.15, -0.1) is 0 Å². The first-order valence-corrected chi connectivity index (χ1v) is 10.0. The lowest BCUT2D eigenvalue weighted by Crippen LogP contribution is -2.45. The molecule has 6 nitrogen and oxygen atoms in total. The predicted octanol–water partition coefficient (Wildman–Crippen LogP) is 2.85. The predicted molar refractivity (Wildman–Crippen MR) is 101 cm³/mol. The zero-order chi connectivity index (χ0) is 18.0. The van der Waals surface area contributed by atoms with E-state index >= 15 is 0 Å². The minimum Gasteiger partial charge on any atom is -0.497 e. The van der Waals surface area contributed by atoms with Crippen LogP contribution in [0, 0.1) is 0 Å². The number of H-pyrrole nitrogens is 1. The van der Waals surface area contributed by atoms with E-state index in [0.29, 0.717) is 32.6 Å². The van der Waals surface area contributed by atoms with Gasteiger partial charge in [0, 0.05) is 48.8 Å². The van der Waals surface area contributed by atoms with Crippen molar-refractivity contribution in [2.45, 2.75) is 20.3 Å². The number of hydrogen-bond donors (Lipinski definition) is 1. The van der Waals surface area contributed by atoms with Crippen LogP contribution in [-0.4, -0.2) is 55.3 Å². The van der Waals surface area contributed by atoms with Crippen molar-refractivity contribution in [3.05, 3.63) is 36.0 Å². The molecule has 2 heterocycles. The van der Waals surface area contributed by atoms with Crippen molar-refractivity contribution >= 4 is 26.7 Å². The van der Waals surface area contributed by atoms with Gasteiger partial charge in [-0.25, -0.2) is 0 Å². The molecule has 1 aromatic heterocycles. The van der Waals surface area contributed by atoms with Gasteiger partial charge in [-0.05, 0) is 30.2 Å². The second kappa shape index (κ2) is 7.19. The van der Waals surface area contributed by atoms with Gasteiger partial charge in [0.25, 0.3) is 10.2 Å². The molecule has 0 atom stereocenters. The molecule has 1 aromatic carbocycles. The van der Waals surface area contributed by atoms with Crippen LogP contribution in [0.25, 0.3) is 16.5 Å². The standard InChI is InChI=1S/C18H25N3O3S/c1-4-20(5-2)25(22,23)21-10-8-14(9-11-21)17-13-19-18-7-6-15(24-3)12-16(17)18/h6-8,12-13,19H,4-5,9-11H2,1-3H3. The highest BCUT2D eigenvalue weighted by atomic mass is 32.2. The fourth-order valence-corrected chi connectivity index (χ4v) is 4.87. The molecule has 0 amide bonds. The Morgan fingerprint density at radius 1 is 1.28 bits per heavy atom. The Morgan fingerprint density at radius 2 is 2.04 bits per heavy atom. The molecule has 25 heavy (non-hydrogen) atoms. The Kier molecular flexibility index (Phi) is 5.17. The molecule has 0 saturated heterocycles. The van der Waals surface area contributed by atoms with E-state index in [1.54, 1.807) is 11.4 Å². The number of aromatic nitrogens is 1. The normalized spacial score (nSPS) is 16.4. The fourth-order valence-electron chi connectivity index (χ4n) is 3.31. The van der Waals surface area contributed by atoms with Crippen LogP contribution in [0.15, 0.2) is 30.5 Å². The number of ether oxygens (including phenoxy) is 1. The van der Waals surface area contributed by atoms with Crippen molar-refractivity contribution < 1.29 is 13.2 Å². The Balaban J connectivity index is 1.87. The number of nitrogens with zero attached hydrogens (tertiary/aromatic N) is 2. The van der Waals surface area contributed by atoms with E-state index in [-0.39, 0.29) is 0 Å². The SMILES string of the molecule is CCN(CC)S(=O)(=O)N1CC=C(c2c[nH]c3ccc(OC)cc23)CC1. The lowest BCUT2D eigenvalue weighted by molar-refractivity contribution is 0.363. The van der Waals surface area contributed by atoms with E-state index < -0.39 is 10.2 Å². The summed E-state index contributed by atoms with van der Waals surface area (Å²) >= 11 is 0. The maximum Gasteiger partial charge on any atom is 0.282 e. The van der Waals surface area contributed by atoms with Gasteiger partial charge in [-0.3, -0.25) is 0 Å². The highest BCUT2D eigenvalue weighted by molar-refractivity contribution is 7.86. The number of fused-ring (bicyclic) bond motifs is 1. The molecule has 0 saturated carbocycles. The summed E-state index contributed by atoms with van der Waals surface area (Å²) in [7, 11) is -1.72. The maximum atomic E-state index is 12.6. The van der Waals surface area contributed by atoms with E-state index in [4.69, 9.17) is 4.74 Å². The fraction of sp³-hybridized carbons (Fsp3) is 0.444. The van der Waals surface area contributed by atoms with Crippen molar-refractivity contribution in [1.82, 2.24) is 13.6 Å². The van der Waals surface area contributed by atoms with Crippen LogP contribution in [0.3, 0.4) is 0 Å². The van der Waals surface area contributed by atoms with Gasteiger partial charge in [-0.1, -0.05) is 19.9 Å². The lowest BCUT2D eigenvalue weighted by atomic mass is 9.99. The van der Waals surface area contributed by atoms with Crippen LogP contribution in [0.1, 0.15) is 25.8 Å². The van der Waals surface area contributed by atoms with Crippen molar-refractivity contribution in [3.8, 4) is 5.75 Å². The largest absolute Gasteiger partial charge is 0.497 e. The maximum absolute atomic E-state index is 12.6. The number of aromatic amines is 1. The quantitative estimate of drug-likeness (QED) is 0.858. The smallest absolute Gasteiger partial charge is 0.282 e. The Morgan fingerprint density at radius 3 is 2.64 bits per heavy atom. The van der Waals surface area contributed by atoms with Crippen molar-refractivity contribution in [2.75, 3.05) is 33.3 Å². The van der Waals surface area contributed by atoms with Crippen LogP contribution in [0.5, 0.6) is 5.75 Å². The topological polar surface area (TPSA) is 65.6 Å². The number of rotatable bonds is 6. The van der Waals surface area contributed by atoms with Gasteiger partial charge in [0.05, 0.1) is 7.11 Å². The minimum absolute atomic E-state index is 0.408. The molecule has 1 N–H and O–H groups in total. The lowest BCUT2D eigenvalue weighted by Gasteiger charge is -2.30. The highest BCUT2D eigenvalue weighted by Crippen LogP contribution is 2.32. The van der Waals surface area contributed by atoms with Crippen molar-refractivity contribution in [1.29, 1.82) is 0 Å². The summed E-state index contributed by atoms with van der Waals surface area (Å²) in [6, 6.07) is 5.94. The van der Waals surface area contributed by atoms with Gasteiger partial charge < -0.3 is 9.72 Å². The number of methoxy groups -OCH3 is 1. The van der Waals surface area contributed by atoms with Gasteiger partial charge in [-0.2, -0.15) is 17.0 Å². The van der Waals surface area contributed by atoms with Crippen molar-refractivity contribution in [2.24, 2.45) is 0 Å². The number of hydrogen-bond acceptors (Lipinski definition) is 3. The van der Waals surface area contributed by atoms with Crippen molar-refractivity contribution in [3.63, 3.8) is 0 Å². The minimum atomic E-state index is -3.38. The van der Waals surface area contributed by atoms with Gasteiger partial charge in [0.15, 0.2) is 0 Å². The van der Waals surface area contributed by atoms with Crippen LogP contribution in [-0.2, 0) is 10.2 Å². The molecule has 3 rings (SSSR count). The van der Waals surface area contributed by atoms with Gasteiger partial charge in [0.1, 0.15) is 5.75 Å². The van der Waals surface area contributed by atoms with E-state index in [0.717, 1.165) is 22.2 Å². The molecule has 0 spiro atoms. The molecule has 0 radical (unpaired) electrons.